The molecule has 0 aromatic carbocycles. The van der Waals surface area contributed by atoms with Crippen molar-refractivity contribution in [2.45, 2.75) is 130 Å². The van der Waals surface area contributed by atoms with Crippen molar-refractivity contribution in [3.63, 3.8) is 0 Å². The van der Waals surface area contributed by atoms with Crippen LogP contribution in [-0.2, 0) is 0 Å². The van der Waals surface area contributed by atoms with Crippen LogP contribution in [0.2, 0.25) is 0 Å². The van der Waals surface area contributed by atoms with Gasteiger partial charge in [-0.3, -0.25) is 0 Å². The van der Waals surface area contributed by atoms with Crippen LogP contribution >= 0.6 is 0 Å². The van der Waals surface area contributed by atoms with E-state index in [9.17, 15) is 20.4 Å². The van der Waals surface area contributed by atoms with Crippen molar-refractivity contribution in [3.8, 4) is 0 Å². The van der Waals surface area contributed by atoms with Crippen LogP contribution < -0.4 is 0 Å². The number of rotatable bonds is 6. The molecule has 0 bridgehead atoms. The lowest BCUT2D eigenvalue weighted by Crippen LogP contribution is -2.59. The molecule has 0 aromatic heterocycles. The van der Waals surface area contributed by atoms with Gasteiger partial charge in [-0.1, -0.05) is 27.7 Å². The molecule has 196 valence electrons. The molecule has 4 nitrogen and oxygen atoms in total. The summed E-state index contributed by atoms with van der Waals surface area (Å²) in [6, 6.07) is 0. The van der Waals surface area contributed by atoms with Crippen molar-refractivity contribution < 1.29 is 20.4 Å². The molecule has 0 saturated heterocycles. The van der Waals surface area contributed by atoms with Gasteiger partial charge in [-0.25, -0.2) is 0 Å². The Morgan fingerprint density at radius 3 is 2.18 bits per heavy atom. The molecule has 2 spiro atoms. The molecule has 0 unspecified atom stereocenters. The molecule has 0 heterocycles. The summed E-state index contributed by atoms with van der Waals surface area (Å²) in [7, 11) is 0. The van der Waals surface area contributed by atoms with E-state index in [1.54, 1.807) is 13.8 Å². The molecular weight excluding hydrogens is 424 g/mol. The van der Waals surface area contributed by atoms with Gasteiger partial charge in [-0.2, -0.15) is 0 Å². The van der Waals surface area contributed by atoms with Gasteiger partial charge in [0.15, 0.2) is 0 Å². The van der Waals surface area contributed by atoms with Crippen molar-refractivity contribution in [3.05, 3.63) is 0 Å². The lowest BCUT2D eigenvalue weighted by Gasteiger charge is -2.63. The second-order valence-corrected chi connectivity index (χ2v) is 15.1. The number of hydrogen-bond donors (Lipinski definition) is 4. The first-order chi connectivity index (χ1) is 15.7. The predicted molar refractivity (Wildman–Crippen MR) is 135 cm³/mol. The van der Waals surface area contributed by atoms with Crippen LogP contribution in [0.15, 0.2) is 0 Å². The molecule has 34 heavy (non-hydrogen) atoms. The minimum absolute atomic E-state index is 0.00783. The van der Waals surface area contributed by atoms with E-state index in [-0.39, 0.29) is 22.3 Å². The number of aliphatic hydroxyl groups excluding tert-OH is 3. The van der Waals surface area contributed by atoms with Gasteiger partial charge in [0.05, 0.1) is 17.8 Å². The first-order valence-electron chi connectivity index (χ1n) is 14.4. The number of fused-ring (bicyclic) bond motifs is 2. The maximum Gasteiger partial charge on any atom is 0.0849 e. The molecule has 4 N–H and O–H groups in total. The maximum absolute atomic E-state index is 11.1. The van der Waals surface area contributed by atoms with Gasteiger partial charge in [0, 0.05) is 12.0 Å². The summed E-state index contributed by atoms with van der Waals surface area (Å²) in [5.41, 5.74) is -0.0716. The minimum Gasteiger partial charge on any atom is -0.396 e. The maximum atomic E-state index is 11.1. The Morgan fingerprint density at radius 1 is 0.882 bits per heavy atom. The molecule has 5 rings (SSSR count). The Morgan fingerprint density at radius 2 is 1.53 bits per heavy atom. The predicted octanol–water partition coefficient (Wildman–Crippen LogP) is 5.31. The Bertz CT molecular complexity index is 802. The monoisotopic (exact) mass is 476 g/mol. The zero-order valence-corrected chi connectivity index (χ0v) is 22.7. The smallest absolute Gasteiger partial charge is 0.0849 e. The lowest BCUT2D eigenvalue weighted by molar-refractivity contribution is -0.180. The first-order valence-corrected chi connectivity index (χ1v) is 14.4. The summed E-state index contributed by atoms with van der Waals surface area (Å²) in [5.74, 6) is 2.30. The van der Waals surface area contributed by atoms with E-state index in [4.69, 9.17) is 0 Å². The molecule has 5 aliphatic carbocycles. The molecule has 5 saturated carbocycles. The van der Waals surface area contributed by atoms with Gasteiger partial charge in [-0.15, -0.1) is 0 Å². The average Bonchev–Trinajstić information content (AvgIpc) is 3.33. The summed E-state index contributed by atoms with van der Waals surface area (Å²) in [6.45, 7) is 13.2. The largest absolute Gasteiger partial charge is 0.396 e. The van der Waals surface area contributed by atoms with Gasteiger partial charge in [0.2, 0.25) is 0 Å². The Labute approximate surface area is 207 Å². The highest BCUT2D eigenvalue weighted by atomic mass is 16.3. The summed E-state index contributed by atoms with van der Waals surface area (Å²) >= 11 is 0. The van der Waals surface area contributed by atoms with Crippen LogP contribution in [0.3, 0.4) is 0 Å². The van der Waals surface area contributed by atoms with Crippen molar-refractivity contribution >= 4 is 0 Å². The van der Waals surface area contributed by atoms with Crippen molar-refractivity contribution in [2.75, 3.05) is 6.61 Å². The summed E-state index contributed by atoms with van der Waals surface area (Å²) < 4.78 is 0. The van der Waals surface area contributed by atoms with E-state index in [2.05, 4.69) is 27.7 Å². The second-order valence-electron chi connectivity index (χ2n) is 15.1. The van der Waals surface area contributed by atoms with E-state index in [0.29, 0.717) is 47.5 Å². The van der Waals surface area contributed by atoms with E-state index in [1.165, 1.54) is 44.9 Å². The molecule has 5 fully saturated rings. The normalized spacial score (nSPS) is 51.0. The summed E-state index contributed by atoms with van der Waals surface area (Å²) in [6.07, 6.45) is 11.5. The Hall–Kier alpha value is -0.160. The number of aliphatic hydroxyl groups is 4. The van der Waals surface area contributed by atoms with Gasteiger partial charge in [-0.05, 0) is 130 Å². The fraction of sp³-hybridized carbons (Fsp3) is 1.00. The second kappa shape index (κ2) is 7.68. The third-order valence-corrected chi connectivity index (χ3v) is 13.5. The van der Waals surface area contributed by atoms with E-state index in [1.807, 2.05) is 0 Å². The van der Waals surface area contributed by atoms with E-state index in [0.717, 1.165) is 19.3 Å². The van der Waals surface area contributed by atoms with E-state index < -0.39 is 11.7 Å². The van der Waals surface area contributed by atoms with E-state index >= 15 is 0 Å². The molecular formula is C30H52O4. The number of hydrogen-bond acceptors (Lipinski definition) is 4. The van der Waals surface area contributed by atoms with Crippen molar-refractivity contribution in [1.82, 2.24) is 0 Å². The molecule has 4 heteroatoms. The lowest BCUT2D eigenvalue weighted by atomic mass is 9.41. The summed E-state index contributed by atoms with van der Waals surface area (Å²) in [5, 5.41) is 42.6. The minimum atomic E-state index is -1.05. The SMILES string of the molecule is C[C@H](CC[C@@H](O)C(C)(C)O)[C@H]1CC[C@@]2(CO)[C@@H]3CC[C@H]4C(C)(C)[C@@H](O)CC[C@@]45C[C@@]35CC[C@]12C. The van der Waals surface area contributed by atoms with Crippen molar-refractivity contribution in [2.24, 2.45) is 50.7 Å². The molecule has 10 atom stereocenters. The quantitative estimate of drug-likeness (QED) is 0.419. The third kappa shape index (κ3) is 3.04. The topological polar surface area (TPSA) is 80.9 Å². The first kappa shape index (κ1) is 25.5. The fourth-order valence-corrected chi connectivity index (χ4v) is 11.4. The van der Waals surface area contributed by atoms with Crippen LogP contribution in [0.25, 0.3) is 0 Å². The highest BCUT2D eigenvalue weighted by Crippen LogP contribution is 2.89. The molecule has 5 aliphatic rings. The van der Waals surface area contributed by atoms with Gasteiger partial charge in [0.1, 0.15) is 0 Å². The zero-order chi connectivity index (χ0) is 24.9. The molecule has 0 aromatic rings. The molecule has 0 amide bonds. The van der Waals surface area contributed by atoms with Gasteiger partial charge in [0.25, 0.3) is 0 Å². The Kier molecular flexibility index (Phi) is 5.76. The fourth-order valence-electron chi connectivity index (χ4n) is 11.4. The van der Waals surface area contributed by atoms with Crippen LogP contribution in [0.5, 0.6) is 0 Å². The average molecular weight is 477 g/mol. The standard InChI is InChI=1S/C30H52O4/c1-19(7-10-24(33)26(4,5)34)20-11-13-30(18-31)22-9-8-21-25(2,3)23(32)12-14-28(21)17-29(22,28)16-15-27(20,30)6/h19-24,31-34H,7-18H2,1-6H3/t19-,20-,21+,22-,23+,24-,27-,28-,29+,30-/m1/s1. The van der Waals surface area contributed by atoms with Crippen molar-refractivity contribution in [1.29, 1.82) is 0 Å². The van der Waals surface area contributed by atoms with Crippen LogP contribution in [0.1, 0.15) is 112 Å². The summed E-state index contributed by atoms with van der Waals surface area (Å²) in [4.78, 5) is 0. The Balaban J connectivity index is 1.40. The highest BCUT2D eigenvalue weighted by molar-refractivity contribution is 5.31. The zero-order valence-electron chi connectivity index (χ0n) is 22.7. The molecule has 0 aliphatic heterocycles. The van der Waals surface area contributed by atoms with Crippen LogP contribution in [-0.4, -0.2) is 44.8 Å². The van der Waals surface area contributed by atoms with Gasteiger partial charge >= 0.3 is 0 Å². The van der Waals surface area contributed by atoms with Gasteiger partial charge < -0.3 is 20.4 Å². The molecule has 0 radical (unpaired) electrons. The van der Waals surface area contributed by atoms with Crippen LogP contribution in [0, 0.1) is 50.7 Å². The highest BCUT2D eigenvalue weighted by Gasteiger charge is 2.82. The van der Waals surface area contributed by atoms with Crippen LogP contribution in [0.4, 0.5) is 0 Å². The third-order valence-electron chi connectivity index (χ3n) is 13.5.